The number of pyridine rings is 1. The van der Waals surface area contributed by atoms with Crippen LogP contribution in [0.1, 0.15) is 20.9 Å². The van der Waals surface area contributed by atoms with Crippen LogP contribution in [-0.2, 0) is 6.61 Å². The van der Waals surface area contributed by atoms with Gasteiger partial charge in [-0.1, -0.05) is 29.0 Å². The molecule has 2 aromatic heterocycles. The van der Waals surface area contributed by atoms with E-state index >= 15 is 0 Å². The van der Waals surface area contributed by atoms with E-state index in [0.717, 1.165) is 5.75 Å². The highest BCUT2D eigenvalue weighted by Crippen LogP contribution is 2.19. The molecule has 0 aliphatic rings. The lowest BCUT2D eigenvalue weighted by Crippen LogP contribution is -2.11. The maximum atomic E-state index is 12.0. The molecule has 0 atom stereocenters. The van der Waals surface area contributed by atoms with Crippen molar-refractivity contribution in [2.75, 3.05) is 5.32 Å². The highest BCUT2D eigenvalue weighted by Gasteiger charge is 2.10. The molecule has 1 aromatic carbocycles. The molecule has 0 fully saturated rings. The number of amides is 1. The van der Waals surface area contributed by atoms with Crippen molar-refractivity contribution in [1.82, 2.24) is 15.2 Å². The molecule has 0 spiro atoms. The number of ether oxygens (including phenoxy) is 1. The minimum Gasteiger partial charge on any atom is -0.486 e. The van der Waals surface area contributed by atoms with E-state index in [1.807, 2.05) is 31.2 Å². The molecule has 0 aliphatic carbocycles. The minimum absolute atomic E-state index is 0.241. The van der Waals surface area contributed by atoms with Crippen molar-refractivity contribution >= 4 is 22.4 Å². The first-order valence-corrected chi connectivity index (χ1v) is 7.75. The van der Waals surface area contributed by atoms with Crippen molar-refractivity contribution in [3.8, 4) is 5.75 Å². The Bertz CT molecular complexity index is 787. The van der Waals surface area contributed by atoms with E-state index in [1.165, 1.54) is 16.9 Å². The maximum absolute atomic E-state index is 12.0. The zero-order valence-corrected chi connectivity index (χ0v) is 13.2. The van der Waals surface area contributed by atoms with E-state index in [-0.39, 0.29) is 5.91 Å². The summed E-state index contributed by atoms with van der Waals surface area (Å²) in [4.78, 5) is 15.9. The van der Waals surface area contributed by atoms with Gasteiger partial charge in [0.2, 0.25) is 5.13 Å². The highest BCUT2D eigenvalue weighted by atomic mass is 32.1. The molecule has 2 heterocycles. The molecule has 23 heavy (non-hydrogen) atoms. The molecule has 0 bridgehead atoms. The van der Waals surface area contributed by atoms with Gasteiger partial charge in [-0.2, -0.15) is 0 Å². The first-order chi connectivity index (χ1) is 11.2. The van der Waals surface area contributed by atoms with Gasteiger partial charge in [-0.15, -0.1) is 10.2 Å². The fourth-order valence-corrected chi connectivity index (χ4v) is 2.46. The molecular weight excluding hydrogens is 312 g/mol. The van der Waals surface area contributed by atoms with Crippen molar-refractivity contribution in [1.29, 1.82) is 0 Å². The van der Waals surface area contributed by atoms with Crippen molar-refractivity contribution in [2.24, 2.45) is 0 Å². The van der Waals surface area contributed by atoms with Crippen LogP contribution in [0.5, 0.6) is 5.75 Å². The summed E-state index contributed by atoms with van der Waals surface area (Å²) in [6.45, 7) is 2.33. The molecule has 6 nitrogen and oxygen atoms in total. The second kappa shape index (κ2) is 6.97. The number of aryl methyl sites for hydroxylation is 1. The molecule has 3 aromatic rings. The lowest BCUT2D eigenvalue weighted by atomic mass is 10.2. The molecule has 0 saturated carbocycles. The van der Waals surface area contributed by atoms with Crippen LogP contribution >= 0.6 is 11.3 Å². The summed E-state index contributed by atoms with van der Waals surface area (Å²) in [5.74, 6) is 0.530. The second-order valence-corrected chi connectivity index (χ2v) is 5.85. The average molecular weight is 326 g/mol. The van der Waals surface area contributed by atoms with E-state index in [0.29, 0.717) is 22.3 Å². The summed E-state index contributed by atoms with van der Waals surface area (Å²) in [5.41, 5.74) is 1.70. The maximum Gasteiger partial charge on any atom is 0.257 e. The molecule has 0 aliphatic heterocycles. The first-order valence-electron chi connectivity index (χ1n) is 6.94. The lowest BCUT2D eigenvalue weighted by Gasteiger charge is -2.03. The largest absolute Gasteiger partial charge is 0.486 e. The molecule has 1 amide bonds. The Kier molecular flexibility index (Phi) is 4.58. The van der Waals surface area contributed by atoms with Crippen LogP contribution in [0, 0.1) is 6.92 Å². The topological polar surface area (TPSA) is 77.0 Å². The predicted octanol–water partition coefficient (Wildman–Crippen LogP) is 3.07. The standard InChI is InChI=1S/C16H14N4O2S/c1-11-2-4-13(5-3-11)22-10-14-19-20-16(23-14)18-15(21)12-6-8-17-9-7-12/h2-9H,10H2,1H3,(H,18,20,21). The average Bonchev–Trinajstić information content (AvgIpc) is 3.02. The van der Waals surface area contributed by atoms with Gasteiger partial charge in [0.1, 0.15) is 12.4 Å². The first kappa shape index (κ1) is 15.1. The number of hydrogen-bond donors (Lipinski definition) is 1. The Labute approximate surface area is 137 Å². The Balaban J connectivity index is 1.57. The summed E-state index contributed by atoms with van der Waals surface area (Å²) in [7, 11) is 0. The number of rotatable bonds is 5. The van der Waals surface area contributed by atoms with Gasteiger partial charge in [-0.05, 0) is 31.2 Å². The molecule has 7 heteroatoms. The van der Waals surface area contributed by atoms with E-state index in [4.69, 9.17) is 4.74 Å². The van der Waals surface area contributed by atoms with Gasteiger partial charge in [0.05, 0.1) is 0 Å². The van der Waals surface area contributed by atoms with Gasteiger partial charge < -0.3 is 4.74 Å². The number of anilines is 1. The zero-order valence-electron chi connectivity index (χ0n) is 12.4. The van der Waals surface area contributed by atoms with Crippen LogP contribution in [0.25, 0.3) is 0 Å². The number of carbonyl (C=O) groups is 1. The van der Waals surface area contributed by atoms with E-state index < -0.39 is 0 Å². The third-order valence-electron chi connectivity index (χ3n) is 3.01. The Morgan fingerprint density at radius 1 is 1.13 bits per heavy atom. The van der Waals surface area contributed by atoms with Gasteiger partial charge in [-0.3, -0.25) is 15.1 Å². The van der Waals surface area contributed by atoms with Crippen LogP contribution in [0.2, 0.25) is 0 Å². The molecule has 1 N–H and O–H groups in total. The van der Waals surface area contributed by atoms with Crippen molar-refractivity contribution in [3.63, 3.8) is 0 Å². The monoisotopic (exact) mass is 326 g/mol. The van der Waals surface area contributed by atoms with E-state index in [1.54, 1.807) is 24.5 Å². The third-order valence-corrected chi connectivity index (χ3v) is 3.83. The van der Waals surface area contributed by atoms with Gasteiger partial charge in [0, 0.05) is 18.0 Å². The minimum atomic E-state index is -0.241. The number of hydrogen-bond acceptors (Lipinski definition) is 6. The zero-order chi connectivity index (χ0) is 16.1. The Hall–Kier alpha value is -2.80. The third kappa shape index (κ3) is 4.10. The van der Waals surface area contributed by atoms with Crippen molar-refractivity contribution in [2.45, 2.75) is 13.5 Å². The smallest absolute Gasteiger partial charge is 0.257 e. The van der Waals surface area contributed by atoms with Crippen LogP contribution in [0.15, 0.2) is 48.8 Å². The fourth-order valence-electron chi connectivity index (χ4n) is 1.81. The van der Waals surface area contributed by atoms with Crippen LogP contribution in [0.4, 0.5) is 5.13 Å². The number of nitrogens with one attached hydrogen (secondary N) is 1. The normalized spacial score (nSPS) is 10.3. The fraction of sp³-hybridized carbons (Fsp3) is 0.125. The van der Waals surface area contributed by atoms with Crippen LogP contribution < -0.4 is 10.1 Å². The Morgan fingerprint density at radius 2 is 1.87 bits per heavy atom. The summed E-state index contributed by atoms with van der Waals surface area (Å²) < 4.78 is 5.64. The SMILES string of the molecule is Cc1ccc(OCc2nnc(NC(=O)c3ccncc3)s2)cc1. The molecule has 0 unspecified atom stereocenters. The number of nitrogens with zero attached hydrogens (tertiary/aromatic N) is 3. The van der Waals surface area contributed by atoms with E-state index in [2.05, 4.69) is 20.5 Å². The molecule has 3 rings (SSSR count). The van der Waals surface area contributed by atoms with Crippen molar-refractivity contribution < 1.29 is 9.53 Å². The van der Waals surface area contributed by atoms with Crippen LogP contribution in [-0.4, -0.2) is 21.1 Å². The Morgan fingerprint density at radius 3 is 2.61 bits per heavy atom. The van der Waals surface area contributed by atoms with Crippen LogP contribution in [0.3, 0.4) is 0 Å². The lowest BCUT2D eigenvalue weighted by molar-refractivity contribution is 0.102. The summed E-state index contributed by atoms with van der Waals surface area (Å²) in [6.07, 6.45) is 3.13. The van der Waals surface area contributed by atoms with Gasteiger partial charge in [-0.25, -0.2) is 0 Å². The van der Waals surface area contributed by atoms with Gasteiger partial charge >= 0.3 is 0 Å². The predicted molar refractivity (Wildman–Crippen MR) is 87.6 cm³/mol. The summed E-state index contributed by atoms with van der Waals surface area (Å²) in [5, 5.41) is 11.8. The quantitative estimate of drug-likeness (QED) is 0.779. The summed E-state index contributed by atoms with van der Waals surface area (Å²) in [6, 6.07) is 11.0. The molecular formula is C16H14N4O2S. The van der Waals surface area contributed by atoms with Gasteiger partial charge in [0.25, 0.3) is 5.91 Å². The van der Waals surface area contributed by atoms with Gasteiger partial charge in [0.15, 0.2) is 5.01 Å². The number of aromatic nitrogens is 3. The van der Waals surface area contributed by atoms with Crippen molar-refractivity contribution in [3.05, 3.63) is 64.9 Å². The summed E-state index contributed by atoms with van der Waals surface area (Å²) >= 11 is 1.28. The van der Waals surface area contributed by atoms with E-state index in [9.17, 15) is 4.79 Å². The highest BCUT2D eigenvalue weighted by molar-refractivity contribution is 7.15. The number of benzene rings is 1. The molecule has 0 radical (unpaired) electrons. The second-order valence-electron chi connectivity index (χ2n) is 4.79. The molecule has 116 valence electrons. The molecule has 0 saturated heterocycles. The number of carbonyl (C=O) groups excluding carboxylic acids is 1.